The number of nitrogens with one attached hydrogen (secondary N) is 1. The maximum Gasteiger partial charge on any atom is 0.326 e. The molecule has 1 aliphatic rings. The van der Waals surface area contributed by atoms with Gasteiger partial charge in [0.1, 0.15) is 5.82 Å². The zero-order chi connectivity index (χ0) is 11.1. The summed E-state index contributed by atoms with van der Waals surface area (Å²) in [5.74, 6) is -2.49. The molecule has 2 rings (SSSR count). The molecule has 1 amide bonds. The van der Waals surface area contributed by atoms with E-state index in [0.29, 0.717) is 5.82 Å². The van der Waals surface area contributed by atoms with Crippen molar-refractivity contribution in [1.29, 1.82) is 0 Å². The lowest BCUT2D eigenvalue weighted by molar-refractivity contribution is -0.0888. The van der Waals surface area contributed by atoms with Crippen LogP contribution in [0, 0.1) is 0 Å². The Morgan fingerprint density at radius 2 is 2.33 bits per heavy atom. The highest BCUT2D eigenvalue weighted by Crippen LogP contribution is 2.47. The van der Waals surface area contributed by atoms with Gasteiger partial charge in [0.05, 0.1) is 0 Å². The zero-order valence-corrected chi connectivity index (χ0v) is 8.20. The highest BCUT2D eigenvalue weighted by atomic mass is 19.3. The van der Waals surface area contributed by atoms with E-state index in [9.17, 15) is 13.6 Å². The maximum atomic E-state index is 12.7. The topological polar surface area (TPSA) is 46.9 Å². The average molecular weight is 215 g/mol. The fraction of sp³-hybridized carbons (Fsp3) is 0.556. The van der Waals surface area contributed by atoms with Crippen LogP contribution in [-0.4, -0.2) is 28.6 Å². The van der Waals surface area contributed by atoms with Crippen LogP contribution in [0.3, 0.4) is 0 Å². The largest absolute Gasteiger partial charge is 0.340 e. The average Bonchev–Trinajstić information content (AvgIpc) is 2.60. The van der Waals surface area contributed by atoms with Gasteiger partial charge in [-0.1, -0.05) is 0 Å². The Kier molecular flexibility index (Phi) is 2.21. The molecule has 1 aliphatic carbocycles. The number of halogens is 2. The predicted molar refractivity (Wildman–Crippen MR) is 49.0 cm³/mol. The minimum absolute atomic E-state index is 0.221. The van der Waals surface area contributed by atoms with Crippen molar-refractivity contribution in [3.05, 3.63) is 18.2 Å². The molecule has 15 heavy (non-hydrogen) atoms. The molecule has 1 aromatic rings. The smallest absolute Gasteiger partial charge is 0.326 e. The molecule has 0 bridgehead atoms. The summed E-state index contributed by atoms with van der Waals surface area (Å²) < 4.78 is 26.6. The van der Waals surface area contributed by atoms with Crippen molar-refractivity contribution in [3.63, 3.8) is 0 Å². The van der Waals surface area contributed by atoms with Gasteiger partial charge in [0.25, 0.3) is 0 Å². The van der Waals surface area contributed by atoms with Crippen molar-refractivity contribution < 1.29 is 13.6 Å². The Hall–Kier alpha value is -1.46. The number of aromatic nitrogens is 2. The summed E-state index contributed by atoms with van der Waals surface area (Å²) in [4.78, 5) is 15.3. The molecule has 4 nitrogen and oxygen atoms in total. The number of alkyl halides is 2. The molecule has 0 aliphatic heterocycles. The summed E-state index contributed by atoms with van der Waals surface area (Å²) in [7, 11) is 1.49. The summed E-state index contributed by atoms with van der Waals surface area (Å²) in [6.45, 7) is 0. The molecule has 0 aromatic carbocycles. The Morgan fingerprint density at radius 1 is 1.67 bits per heavy atom. The van der Waals surface area contributed by atoms with Gasteiger partial charge >= 0.3 is 6.03 Å². The summed E-state index contributed by atoms with van der Waals surface area (Å²) in [6.07, 6.45) is 2.48. The molecule has 6 heteroatoms. The Morgan fingerprint density at radius 3 is 2.87 bits per heavy atom. The molecular weight excluding hydrogens is 204 g/mol. The molecule has 1 aromatic heterocycles. The van der Waals surface area contributed by atoms with Crippen LogP contribution in [0.25, 0.3) is 0 Å². The fourth-order valence-electron chi connectivity index (χ4n) is 1.75. The zero-order valence-electron chi connectivity index (χ0n) is 8.20. The molecule has 1 N–H and O–H groups in total. The summed E-state index contributed by atoms with van der Waals surface area (Å²) in [5.41, 5.74) is 0. The lowest BCUT2D eigenvalue weighted by atomic mass is 9.81. The van der Waals surface area contributed by atoms with Crippen LogP contribution in [0.4, 0.5) is 13.6 Å². The second kappa shape index (κ2) is 3.29. The molecular formula is C9H11F2N3O. The molecule has 0 atom stereocenters. The fourth-order valence-corrected chi connectivity index (χ4v) is 1.75. The van der Waals surface area contributed by atoms with E-state index in [2.05, 4.69) is 10.3 Å². The van der Waals surface area contributed by atoms with Gasteiger partial charge in [0.2, 0.25) is 5.92 Å². The second-order valence-corrected chi connectivity index (χ2v) is 3.67. The third kappa shape index (κ3) is 1.71. The number of carbonyl (C=O) groups is 1. The quantitative estimate of drug-likeness (QED) is 0.773. The highest BCUT2D eigenvalue weighted by Gasteiger charge is 2.47. The van der Waals surface area contributed by atoms with Gasteiger partial charge in [0.15, 0.2) is 0 Å². The number of imidazole rings is 1. The first-order valence-electron chi connectivity index (χ1n) is 4.66. The van der Waals surface area contributed by atoms with E-state index in [1.807, 2.05) is 0 Å². The van der Waals surface area contributed by atoms with E-state index in [-0.39, 0.29) is 24.8 Å². The van der Waals surface area contributed by atoms with Crippen LogP contribution >= 0.6 is 0 Å². The molecule has 0 saturated heterocycles. The lowest BCUT2D eigenvalue weighted by Crippen LogP contribution is -2.37. The molecule has 82 valence electrons. The van der Waals surface area contributed by atoms with E-state index in [1.165, 1.54) is 24.0 Å². The number of hydrogen-bond acceptors (Lipinski definition) is 2. The lowest BCUT2D eigenvalue weighted by Gasteiger charge is -2.34. The first-order chi connectivity index (χ1) is 7.03. The first-order valence-corrected chi connectivity index (χ1v) is 4.66. The van der Waals surface area contributed by atoms with Crippen molar-refractivity contribution in [2.24, 2.45) is 0 Å². The minimum atomic E-state index is -2.59. The van der Waals surface area contributed by atoms with Gasteiger partial charge in [-0.3, -0.25) is 4.57 Å². The van der Waals surface area contributed by atoms with Gasteiger partial charge in [-0.15, -0.1) is 0 Å². The molecule has 0 unspecified atom stereocenters. The molecule has 1 fully saturated rings. The van der Waals surface area contributed by atoms with E-state index in [0.717, 1.165) is 0 Å². The monoisotopic (exact) mass is 215 g/mol. The predicted octanol–water partition coefficient (Wildman–Crippen LogP) is 1.58. The SMILES string of the molecule is CNC(=O)n1ccnc1C1CC(F)(F)C1. The number of rotatable bonds is 1. The second-order valence-electron chi connectivity index (χ2n) is 3.67. The van der Waals surface area contributed by atoms with E-state index in [1.54, 1.807) is 0 Å². The number of nitrogens with zero attached hydrogens (tertiary/aromatic N) is 2. The van der Waals surface area contributed by atoms with E-state index in [4.69, 9.17) is 0 Å². The van der Waals surface area contributed by atoms with Crippen molar-refractivity contribution in [1.82, 2.24) is 14.9 Å². The molecule has 0 spiro atoms. The maximum absolute atomic E-state index is 12.7. The third-order valence-electron chi connectivity index (χ3n) is 2.56. The van der Waals surface area contributed by atoms with Crippen LogP contribution in [0.5, 0.6) is 0 Å². The van der Waals surface area contributed by atoms with Gasteiger partial charge in [-0.25, -0.2) is 18.6 Å². The van der Waals surface area contributed by atoms with E-state index >= 15 is 0 Å². The molecule has 0 radical (unpaired) electrons. The van der Waals surface area contributed by atoms with Crippen molar-refractivity contribution >= 4 is 6.03 Å². The van der Waals surface area contributed by atoms with Crippen molar-refractivity contribution in [3.8, 4) is 0 Å². The highest BCUT2D eigenvalue weighted by molar-refractivity contribution is 5.77. The van der Waals surface area contributed by atoms with E-state index < -0.39 is 5.92 Å². The minimum Gasteiger partial charge on any atom is -0.340 e. The third-order valence-corrected chi connectivity index (χ3v) is 2.56. The van der Waals surface area contributed by atoms with Gasteiger partial charge in [0, 0.05) is 38.2 Å². The van der Waals surface area contributed by atoms with Gasteiger partial charge < -0.3 is 5.32 Å². The van der Waals surface area contributed by atoms with Crippen molar-refractivity contribution in [2.45, 2.75) is 24.7 Å². The van der Waals surface area contributed by atoms with Crippen LogP contribution in [0.15, 0.2) is 12.4 Å². The van der Waals surface area contributed by atoms with Crippen LogP contribution in [0.2, 0.25) is 0 Å². The summed E-state index contributed by atoms with van der Waals surface area (Å²) in [6, 6.07) is -0.349. The standard InChI is InChI=1S/C9H11F2N3O/c1-12-8(15)14-3-2-13-7(14)6-4-9(10,11)5-6/h2-3,6H,4-5H2,1H3,(H,12,15). The first kappa shape index (κ1) is 10.1. The molecule has 1 saturated carbocycles. The number of hydrogen-bond donors (Lipinski definition) is 1. The van der Waals surface area contributed by atoms with Crippen LogP contribution in [-0.2, 0) is 0 Å². The van der Waals surface area contributed by atoms with Crippen LogP contribution < -0.4 is 5.32 Å². The summed E-state index contributed by atoms with van der Waals surface area (Å²) >= 11 is 0. The Labute approximate surface area is 85.3 Å². The van der Waals surface area contributed by atoms with Crippen LogP contribution in [0.1, 0.15) is 24.6 Å². The molecule has 1 heterocycles. The Bertz CT molecular complexity index is 380. The number of carbonyl (C=O) groups excluding carboxylic acids is 1. The Balaban J connectivity index is 2.16. The normalized spacial score (nSPS) is 19.7. The number of amides is 1. The van der Waals surface area contributed by atoms with Crippen molar-refractivity contribution in [2.75, 3.05) is 7.05 Å². The van der Waals surface area contributed by atoms with Gasteiger partial charge in [-0.05, 0) is 0 Å². The summed E-state index contributed by atoms with van der Waals surface area (Å²) in [5, 5.41) is 2.43. The van der Waals surface area contributed by atoms with Gasteiger partial charge in [-0.2, -0.15) is 0 Å².